The lowest BCUT2D eigenvalue weighted by atomic mass is 9.91. The molecule has 7 heteroatoms. The van der Waals surface area contributed by atoms with Gasteiger partial charge in [-0.1, -0.05) is 0 Å². The molecule has 0 N–H and O–H groups in total. The van der Waals surface area contributed by atoms with Crippen molar-refractivity contribution in [3.05, 3.63) is 0 Å². The van der Waals surface area contributed by atoms with Crippen molar-refractivity contribution >= 4 is 18.8 Å². The van der Waals surface area contributed by atoms with Crippen LogP contribution in [-0.4, -0.2) is 30.1 Å². The van der Waals surface area contributed by atoms with E-state index in [1.54, 1.807) is 0 Å². The second kappa shape index (κ2) is 2.80. The molecule has 0 aromatic rings. The van der Waals surface area contributed by atoms with Crippen LogP contribution in [0.3, 0.4) is 0 Å². The SMILES string of the molecule is O=C1CCC(=O)N1C[B-](F)(F)F. The Kier molecular flexibility index (Phi) is 2.12. The summed E-state index contributed by atoms with van der Waals surface area (Å²) in [4.78, 5) is 21.6. The predicted molar refractivity (Wildman–Crippen MR) is 35.0 cm³/mol. The quantitative estimate of drug-likeness (QED) is 0.458. The van der Waals surface area contributed by atoms with Crippen molar-refractivity contribution in [1.82, 2.24) is 4.90 Å². The summed E-state index contributed by atoms with van der Waals surface area (Å²) in [5, 5.41) is 0. The lowest BCUT2D eigenvalue weighted by Crippen LogP contribution is -2.41. The van der Waals surface area contributed by atoms with Crippen molar-refractivity contribution in [2.75, 3.05) is 6.44 Å². The number of imide groups is 1. The van der Waals surface area contributed by atoms with E-state index in [2.05, 4.69) is 0 Å². The maximum atomic E-state index is 11.8. The highest BCUT2D eigenvalue weighted by atomic mass is 19.4. The van der Waals surface area contributed by atoms with Crippen LogP contribution in [0.25, 0.3) is 0 Å². The normalized spacial score (nSPS) is 19.1. The summed E-state index contributed by atoms with van der Waals surface area (Å²) in [6, 6.07) is 0. The third-order valence-corrected chi connectivity index (χ3v) is 1.54. The summed E-state index contributed by atoms with van der Waals surface area (Å²) in [6.45, 7) is -5.09. The molecule has 1 heterocycles. The van der Waals surface area contributed by atoms with Crippen molar-refractivity contribution in [2.45, 2.75) is 12.8 Å². The molecule has 1 fully saturated rings. The van der Waals surface area contributed by atoms with E-state index in [0.717, 1.165) is 0 Å². The van der Waals surface area contributed by atoms with Gasteiger partial charge in [-0.25, -0.2) is 0 Å². The minimum Gasteiger partial charge on any atom is -0.448 e. The van der Waals surface area contributed by atoms with E-state index in [-0.39, 0.29) is 17.7 Å². The molecule has 0 aliphatic carbocycles. The Labute approximate surface area is 66.6 Å². The largest absolute Gasteiger partial charge is 0.497 e. The predicted octanol–water partition coefficient (Wildman–Crippen LogP) is 0.522. The zero-order valence-corrected chi connectivity index (χ0v) is 6.10. The molecule has 0 radical (unpaired) electrons. The van der Waals surface area contributed by atoms with Crippen LogP contribution in [0.4, 0.5) is 12.9 Å². The lowest BCUT2D eigenvalue weighted by Gasteiger charge is -2.21. The molecule has 0 atom stereocenters. The number of hydrogen-bond acceptors (Lipinski definition) is 2. The summed E-state index contributed by atoms with van der Waals surface area (Å²) in [7, 11) is 0. The number of halogens is 3. The van der Waals surface area contributed by atoms with Crippen molar-refractivity contribution in [1.29, 1.82) is 0 Å². The first kappa shape index (κ1) is 9.09. The standard InChI is InChI=1S/C5H6BF3NO2/c7-6(8,9)3-10-4(11)1-2-5(10)12/h1-3H2/q-1. The molecule has 1 rings (SSSR count). The Hall–Kier alpha value is -1.01. The molecular weight excluding hydrogens is 174 g/mol. The molecule has 0 aromatic heterocycles. The van der Waals surface area contributed by atoms with Gasteiger partial charge in [0.25, 0.3) is 0 Å². The van der Waals surface area contributed by atoms with Crippen LogP contribution in [0.15, 0.2) is 0 Å². The number of amides is 2. The van der Waals surface area contributed by atoms with Gasteiger partial charge in [-0.15, -0.1) is 0 Å². The van der Waals surface area contributed by atoms with E-state index in [4.69, 9.17) is 0 Å². The fraction of sp³-hybridized carbons (Fsp3) is 0.600. The highest BCUT2D eigenvalue weighted by molar-refractivity contribution is 6.59. The van der Waals surface area contributed by atoms with Gasteiger partial charge < -0.3 is 17.8 Å². The van der Waals surface area contributed by atoms with Gasteiger partial charge in [0.1, 0.15) is 0 Å². The second-order valence-corrected chi connectivity index (χ2v) is 2.61. The van der Waals surface area contributed by atoms with E-state index in [9.17, 15) is 22.5 Å². The molecule has 0 spiro atoms. The molecule has 68 valence electrons. The Morgan fingerprint density at radius 1 is 1.17 bits per heavy atom. The molecule has 1 aliphatic rings. The van der Waals surface area contributed by atoms with Crippen molar-refractivity contribution < 1.29 is 22.5 Å². The first-order valence-corrected chi connectivity index (χ1v) is 3.44. The van der Waals surface area contributed by atoms with Crippen molar-refractivity contribution in [2.24, 2.45) is 0 Å². The van der Waals surface area contributed by atoms with Gasteiger partial charge in [0, 0.05) is 12.8 Å². The first-order valence-electron chi connectivity index (χ1n) is 3.44. The van der Waals surface area contributed by atoms with Crippen LogP contribution in [0.1, 0.15) is 12.8 Å². The number of rotatable bonds is 2. The monoisotopic (exact) mass is 180 g/mol. The third kappa shape index (κ3) is 1.99. The Balaban J connectivity index is 2.62. The highest BCUT2D eigenvalue weighted by Crippen LogP contribution is 2.17. The summed E-state index contributed by atoms with van der Waals surface area (Å²) in [5.41, 5.74) is 0. The minimum atomic E-state index is -5.09. The molecule has 3 nitrogen and oxygen atoms in total. The average Bonchev–Trinajstić information content (AvgIpc) is 2.16. The molecule has 0 unspecified atom stereocenters. The van der Waals surface area contributed by atoms with Crippen molar-refractivity contribution in [3.8, 4) is 0 Å². The molecular formula is C5H6BF3NO2-. The first-order chi connectivity index (χ1) is 5.40. The molecule has 0 saturated carbocycles. The van der Waals surface area contributed by atoms with Crippen LogP contribution < -0.4 is 0 Å². The molecule has 1 aliphatic heterocycles. The van der Waals surface area contributed by atoms with E-state index in [1.807, 2.05) is 0 Å². The second-order valence-electron chi connectivity index (χ2n) is 2.61. The fourth-order valence-corrected chi connectivity index (χ4v) is 1.03. The molecule has 0 aromatic carbocycles. The van der Waals surface area contributed by atoms with Crippen LogP contribution in [-0.2, 0) is 9.59 Å². The van der Waals surface area contributed by atoms with Gasteiger partial charge in [0.15, 0.2) is 0 Å². The Morgan fingerprint density at radius 3 is 1.92 bits per heavy atom. The van der Waals surface area contributed by atoms with Gasteiger partial charge in [0.2, 0.25) is 11.8 Å². The summed E-state index contributed by atoms with van der Waals surface area (Å²) < 4.78 is 35.3. The van der Waals surface area contributed by atoms with E-state index >= 15 is 0 Å². The van der Waals surface area contributed by atoms with Gasteiger partial charge in [-0.2, -0.15) is 0 Å². The molecule has 1 saturated heterocycles. The molecule has 2 amide bonds. The number of carbonyl (C=O) groups excluding carboxylic acids is 2. The maximum absolute atomic E-state index is 11.8. The van der Waals surface area contributed by atoms with Crippen LogP contribution in [0, 0.1) is 0 Å². The fourth-order valence-electron chi connectivity index (χ4n) is 1.03. The van der Waals surface area contributed by atoms with E-state index < -0.39 is 25.2 Å². The topological polar surface area (TPSA) is 37.4 Å². The lowest BCUT2D eigenvalue weighted by molar-refractivity contribution is -0.137. The summed E-state index contributed by atoms with van der Waals surface area (Å²) in [5.74, 6) is -1.45. The van der Waals surface area contributed by atoms with Gasteiger partial charge in [-0.05, 0) is 6.44 Å². The number of carbonyl (C=O) groups is 2. The number of nitrogens with zero attached hydrogens (tertiary/aromatic N) is 1. The van der Waals surface area contributed by atoms with E-state index in [1.165, 1.54) is 0 Å². The van der Waals surface area contributed by atoms with Gasteiger partial charge in [-0.3, -0.25) is 9.59 Å². The number of likely N-dealkylation sites (tertiary alicyclic amines) is 1. The third-order valence-electron chi connectivity index (χ3n) is 1.54. The smallest absolute Gasteiger partial charge is 0.448 e. The van der Waals surface area contributed by atoms with Gasteiger partial charge >= 0.3 is 6.98 Å². The summed E-state index contributed by atoms with van der Waals surface area (Å²) in [6.07, 6.45) is -1.58. The molecule has 0 bridgehead atoms. The maximum Gasteiger partial charge on any atom is 0.497 e. The van der Waals surface area contributed by atoms with Crippen LogP contribution in [0.5, 0.6) is 0 Å². The molecule has 12 heavy (non-hydrogen) atoms. The Morgan fingerprint density at radius 2 is 1.58 bits per heavy atom. The highest BCUT2D eigenvalue weighted by Gasteiger charge is 2.35. The summed E-state index contributed by atoms with van der Waals surface area (Å²) >= 11 is 0. The number of hydrogen-bond donors (Lipinski definition) is 0. The minimum absolute atomic E-state index is 0.0923. The zero-order chi connectivity index (χ0) is 9.35. The van der Waals surface area contributed by atoms with Crippen molar-refractivity contribution in [3.63, 3.8) is 0 Å². The van der Waals surface area contributed by atoms with Crippen LogP contribution >= 0.6 is 0 Å². The van der Waals surface area contributed by atoms with Gasteiger partial charge in [0.05, 0.1) is 0 Å². The average molecular weight is 180 g/mol. The van der Waals surface area contributed by atoms with E-state index in [0.29, 0.717) is 0 Å². The zero-order valence-electron chi connectivity index (χ0n) is 6.10. The van der Waals surface area contributed by atoms with Crippen LogP contribution in [0.2, 0.25) is 0 Å². The Bertz CT molecular complexity index is 211.